The number of aromatic nitrogens is 2. The first-order chi connectivity index (χ1) is 11.8. The number of benzene rings is 1. The van der Waals surface area contributed by atoms with Crippen molar-refractivity contribution in [3.8, 4) is 5.75 Å². The summed E-state index contributed by atoms with van der Waals surface area (Å²) in [5, 5.41) is 3.01. The van der Waals surface area contributed by atoms with E-state index in [2.05, 4.69) is 15.0 Å². The Kier molecular flexibility index (Phi) is 4.35. The van der Waals surface area contributed by atoms with Crippen molar-refractivity contribution in [1.29, 1.82) is 0 Å². The molecule has 0 fully saturated rings. The van der Waals surface area contributed by atoms with Crippen LogP contribution >= 0.6 is 0 Å². The second-order valence-electron chi connectivity index (χ2n) is 5.45. The van der Waals surface area contributed by atoms with Crippen molar-refractivity contribution in [3.05, 3.63) is 70.3 Å². The van der Waals surface area contributed by atoms with Gasteiger partial charge in [0.2, 0.25) is 0 Å². The summed E-state index contributed by atoms with van der Waals surface area (Å²) in [5.74, 6) is -0.296. The number of aryl methyl sites for hydroxylation is 1. The molecule has 0 saturated heterocycles. The van der Waals surface area contributed by atoms with Crippen molar-refractivity contribution in [1.82, 2.24) is 9.38 Å². The van der Waals surface area contributed by atoms with E-state index < -0.39 is 6.36 Å². The maximum Gasteiger partial charge on any atom is 0.573 e. The normalized spacial score (nSPS) is 11.5. The first-order valence-electron chi connectivity index (χ1n) is 7.39. The van der Waals surface area contributed by atoms with E-state index in [9.17, 15) is 18.0 Å². The fraction of sp³-hybridized carbons (Fsp3) is 0.176. The molecule has 2 aromatic heterocycles. The molecule has 0 bridgehead atoms. The van der Waals surface area contributed by atoms with Gasteiger partial charge in [-0.15, -0.1) is 13.2 Å². The minimum Gasteiger partial charge on any atom is -0.406 e. The number of pyridine rings is 1. The lowest BCUT2D eigenvalue weighted by molar-refractivity contribution is -0.274. The van der Waals surface area contributed by atoms with Crippen molar-refractivity contribution in [3.63, 3.8) is 0 Å². The number of alkyl halides is 3. The Labute approximate surface area is 140 Å². The molecule has 8 heteroatoms. The van der Waals surface area contributed by atoms with Crippen LogP contribution in [0.25, 0.3) is 5.65 Å². The molecular formula is C17H14F3N3O2. The zero-order chi connectivity index (χ0) is 18.0. The average Bonchev–Trinajstić information content (AvgIpc) is 2.53. The highest BCUT2D eigenvalue weighted by atomic mass is 19.4. The van der Waals surface area contributed by atoms with Crippen LogP contribution in [0.3, 0.4) is 0 Å². The van der Waals surface area contributed by atoms with Crippen LogP contribution in [0.1, 0.15) is 11.3 Å². The Morgan fingerprint density at radius 1 is 1.16 bits per heavy atom. The summed E-state index contributed by atoms with van der Waals surface area (Å²) in [5.41, 5.74) is 2.40. The summed E-state index contributed by atoms with van der Waals surface area (Å²) in [6.07, 6.45) is -3.01. The highest BCUT2D eigenvalue weighted by molar-refractivity contribution is 5.47. The number of hydrogen-bond acceptors (Lipinski definition) is 4. The average molecular weight is 349 g/mol. The first kappa shape index (κ1) is 16.8. The van der Waals surface area contributed by atoms with Gasteiger partial charge in [0.1, 0.15) is 11.4 Å². The Morgan fingerprint density at radius 2 is 1.88 bits per heavy atom. The molecule has 1 aromatic carbocycles. The van der Waals surface area contributed by atoms with E-state index in [-0.39, 0.29) is 17.9 Å². The van der Waals surface area contributed by atoms with E-state index in [1.807, 2.05) is 13.0 Å². The summed E-state index contributed by atoms with van der Waals surface area (Å²) in [7, 11) is 0. The van der Waals surface area contributed by atoms with Crippen LogP contribution in [0.5, 0.6) is 5.75 Å². The van der Waals surface area contributed by atoms with Gasteiger partial charge < -0.3 is 10.1 Å². The molecule has 0 saturated carbocycles. The van der Waals surface area contributed by atoms with Crippen LogP contribution in [-0.4, -0.2) is 15.7 Å². The van der Waals surface area contributed by atoms with Gasteiger partial charge >= 0.3 is 6.36 Å². The predicted octanol–water partition coefficient (Wildman–Crippen LogP) is 3.51. The first-order valence-corrected chi connectivity index (χ1v) is 7.39. The SMILES string of the molecule is Cc1ccc2nc(CNc3ccc(OC(F)(F)F)cc3)cc(=O)n2c1. The molecule has 5 nitrogen and oxygen atoms in total. The zero-order valence-electron chi connectivity index (χ0n) is 13.2. The van der Waals surface area contributed by atoms with Gasteiger partial charge in [-0.1, -0.05) is 6.07 Å². The Hall–Kier alpha value is -3.03. The molecule has 25 heavy (non-hydrogen) atoms. The van der Waals surface area contributed by atoms with Crippen molar-refractivity contribution in [2.45, 2.75) is 19.8 Å². The fourth-order valence-corrected chi connectivity index (χ4v) is 2.32. The summed E-state index contributed by atoms with van der Waals surface area (Å²) < 4.78 is 41.6. The molecule has 0 aliphatic rings. The van der Waals surface area contributed by atoms with Crippen molar-refractivity contribution < 1.29 is 17.9 Å². The zero-order valence-corrected chi connectivity index (χ0v) is 13.2. The lowest BCUT2D eigenvalue weighted by atomic mass is 10.3. The topological polar surface area (TPSA) is 55.6 Å². The number of nitrogens with zero attached hydrogens (tertiary/aromatic N) is 2. The van der Waals surface area contributed by atoms with Gasteiger partial charge in [0.05, 0.1) is 12.2 Å². The Balaban J connectivity index is 1.72. The van der Waals surface area contributed by atoms with E-state index in [1.165, 1.54) is 34.7 Å². The second kappa shape index (κ2) is 6.46. The summed E-state index contributed by atoms with van der Waals surface area (Å²) >= 11 is 0. The van der Waals surface area contributed by atoms with Crippen LogP contribution in [-0.2, 0) is 6.54 Å². The summed E-state index contributed by atoms with van der Waals surface area (Å²) in [6, 6.07) is 10.4. The molecule has 0 amide bonds. The van der Waals surface area contributed by atoms with Gasteiger partial charge in [-0.2, -0.15) is 0 Å². The van der Waals surface area contributed by atoms with E-state index in [4.69, 9.17) is 0 Å². The smallest absolute Gasteiger partial charge is 0.406 e. The Bertz CT molecular complexity index is 950. The van der Waals surface area contributed by atoms with Gasteiger partial charge in [0.25, 0.3) is 5.56 Å². The number of fused-ring (bicyclic) bond motifs is 1. The summed E-state index contributed by atoms with van der Waals surface area (Å²) in [4.78, 5) is 16.5. The molecule has 2 heterocycles. The minimum absolute atomic E-state index is 0.195. The van der Waals surface area contributed by atoms with Gasteiger partial charge in [-0.05, 0) is 42.8 Å². The molecule has 0 aliphatic carbocycles. The molecule has 0 aliphatic heterocycles. The standard InChI is InChI=1S/C17H14F3N3O2/c1-11-2-7-15-22-13(8-16(24)23(15)10-11)9-21-12-3-5-14(6-4-12)25-17(18,19)20/h2-8,10,21H,9H2,1H3. The van der Waals surface area contributed by atoms with Crippen LogP contribution in [0.15, 0.2) is 53.5 Å². The van der Waals surface area contributed by atoms with E-state index in [0.717, 1.165) is 5.56 Å². The molecule has 0 spiro atoms. The predicted molar refractivity (Wildman–Crippen MR) is 86.7 cm³/mol. The number of nitrogens with one attached hydrogen (secondary N) is 1. The lowest BCUT2D eigenvalue weighted by Crippen LogP contribution is -2.17. The third-order valence-corrected chi connectivity index (χ3v) is 3.42. The second-order valence-corrected chi connectivity index (χ2v) is 5.45. The van der Waals surface area contributed by atoms with Gasteiger partial charge in [-0.3, -0.25) is 9.20 Å². The van der Waals surface area contributed by atoms with Crippen LogP contribution < -0.4 is 15.6 Å². The molecular weight excluding hydrogens is 335 g/mol. The maximum absolute atomic E-state index is 12.1. The van der Waals surface area contributed by atoms with Crippen LogP contribution in [0, 0.1) is 6.92 Å². The molecule has 0 atom stereocenters. The van der Waals surface area contributed by atoms with E-state index in [0.29, 0.717) is 17.0 Å². The molecule has 0 radical (unpaired) electrons. The van der Waals surface area contributed by atoms with Crippen molar-refractivity contribution >= 4 is 11.3 Å². The van der Waals surface area contributed by atoms with Gasteiger partial charge in [0, 0.05) is 18.0 Å². The number of hydrogen-bond donors (Lipinski definition) is 1. The number of anilines is 1. The monoisotopic (exact) mass is 349 g/mol. The van der Waals surface area contributed by atoms with Crippen LogP contribution in [0.4, 0.5) is 18.9 Å². The van der Waals surface area contributed by atoms with E-state index >= 15 is 0 Å². The highest BCUT2D eigenvalue weighted by Gasteiger charge is 2.30. The molecule has 1 N–H and O–H groups in total. The molecule has 3 rings (SSSR count). The third-order valence-electron chi connectivity index (χ3n) is 3.42. The molecule has 0 unspecified atom stereocenters. The molecule has 130 valence electrons. The lowest BCUT2D eigenvalue weighted by Gasteiger charge is -2.10. The van der Waals surface area contributed by atoms with Gasteiger partial charge in [0.15, 0.2) is 0 Å². The van der Waals surface area contributed by atoms with Crippen molar-refractivity contribution in [2.24, 2.45) is 0 Å². The highest BCUT2D eigenvalue weighted by Crippen LogP contribution is 2.24. The quantitative estimate of drug-likeness (QED) is 0.783. The summed E-state index contributed by atoms with van der Waals surface area (Å²) in [6.45, 7) is 2.15. The van der Waals surface area contributed by atoms with Gasteiger partial charge in [-0.25, -0.2) is 4.98 Å². The Morgan fingerprint density at radius 3 is 2.56 bits per heavy atom. The number of ether oxygens (including phenoxy) is 1. The third kappa shape index (κ3) is 4.28. The largest absolute Gasteiger partial charge is 0.573 e. The minimum atomic E-state index is -4.72. The van der Waals surface area contributed by atoms with Crippen molar-refractivity contribution in [2.75, 3.05) is 5.32 Å². The fourth-order valence-electron chi connectivity index (χ4n) is 2.32. The van der Waals surface area contributed by atoms with Crippen LogP contribution in [0.2, 0.25) is 0 Å². The van der Waals surface area contributed by atoms with E-state index in [1.54, 1.807) is 12.3 Å². The number of rotatable bonds is 4. The maximum atomic E-state index is 12.1. The number of halogens is 3. The molecule has 3 aromatic rings.